The lowest BCUT2D eigenvalue weighted by Crippen LogP contribution is -2.38. The van der Waals surface area contributed by atoms with Crippen molar-refractivity contribution >= 4 is 28.9 Å². The Morgan fingerprint density at radius 3 is 2.80 bits per heavy atom. The maximum absolute atomic E-state index is 14.7. The minimum atomic E-state index is -0.499. The molecule has 1 aliphatic heterocycles. The van der Waals surface area contributed by atoms with Crippen molar-refractivity contribution in [1.82, 2.24) is 9.88 Å². The number of methoxy groups -OCH3 is 1. The second-order valence-corrected chi connectivity index (χ2v) is 9.01. The number of carbonyl (C=O) groups excluding carboxylic acids is 1. The Kier molecular flexibility index (Phi) is 8.53. The molecule has 0 bridgehead atoms. The minimum Gasteiger partial charge on any atom is -0.359 e. The Morgan fingerprint density at radius 1 is 1.53 bits per heavy atom. The van der Waals surface area contributed by atoms with Gasteiger partial charge in [0, 0.05) is 49.5 Å². The van der Waals surface area contributed by atoms with E-state index in [1.807, 2.05) is 38.8 Å². The molecule has 1 fully saturated rings. The molecule has 9 heteroatoms. The highest BCUT2D eigenvalue weighted by Crippen LogP contribution is 2.29. The van der Waals surface area contributed by atoms with E-state index in [0.29, 0.717) is 30.3 Å². The lowest BCUT2D eigenvalue weighted by molar-refractivity contribution is -0.104. The number of aliphatic imine (C=N–C) groups is 1. The molecule has 0 amide bonds. The number of aldehydes is 1. The molecule has 0 aromatic carbocycles. The molecule has 1 atom stereocenters. The highest BCUT2D eigenvalue weighted by molar-refractivity contribution is 8.13. The van der Waals surface area contributed by atoms with Crippen LogP contribution in [0.15, 0.2) is 22.8 Å². The number of thioether (sulfide) groups is 1. The lowest BCUT2D eigenvalue weighted by atomic mass is 9.91. The number of allylic oxidation sites excluding steroid dienone is 1. The fourth-order valence-corrected chi connectivity index (χ4v) is 4.00. The van der Waals surface area contributed by atoms with Gasteiger partial charge in [0.1, 0.15) is 24.3 Å². The molecule has 0 radical (unpaired) electrons. The average molecular weight is 435 g/mol. The van der Waals surface area contributed by atoms with Gasteiger partial charge >= 0.3 is 0 Å². The molecule has 0 unspecified atom stereocenters. The highest BCUT2D eigenvalue weighted by Gasteiger charge is 2.25. The number of nitriles is 1. The van der Waals surface area contributed by atoms with Gasteiger partial charge in [-0.3, -0.25) is 9.78 Å². The van der Waals surface area contributed by atoms with Crippen molar-refractivity contribution in [1.29, 1.82) is 5.26 Å². The summed E-state index contributed by atoms with van der Waals surface area (Å²) in [5.41, 5.74) is 0.0668. The van der Waals surface area contributed by atoms with E-state index >= 15 is 0 Å². The summed E-state index contributed by atoms with van der Waals surface area (Å²) in [4.78, 5) is 22.2. The monoisotopic (exact) mass is 434 g/mol. The number of amidine groups is 1. The van der Waals surface area contributed by atoms with Gasteiger partial charge < -0.3 is 14.4 Å². The largest absolute Gasteiger partial charge is 0.359 e. The zero-order chi connectivity index (χ0) is 22.3. The Morgan fingerprint density at radius 2 is 2.27 bits per heavy atom. The van der Waals surface area contributed by atoms with Gasteiger partial charge in [0.25, 0.3) is 0 Å². The average Bonchev–Trinajstić information content (AvgIpc) is 2.68. The van der Waals surface area contributed by atoms with Crippen molar-refractivity contribution in [2.45, 2.75) is 26.2 Å². The van der Waals surface area contributed by atoms with Crippen molar-refractivity contribution < 1.29 is 18.7 Å². The zero-order valence-electron chi connectivity index (χ0n) is 17.9. The Hall–Kier alpha value is -2.28. The van der Waals surface area contributed by atoms with Crippen LogP contribution in [0.4, 0.5) is 4.39 Å². The molecular formula is C21H27FN4O3S. The smallest absolute Gasteiger partial charge is 0.164 e. The summed E-state index contributed by atoms with van der Waals surface area (Å²) in [6.45, 7) is 7.08. The maximum Gasteiger partial charge on any atom is 0.164 e. The topological polar surface area (TPSA) is 87.8 Å². The van der Waals surface area contributed by atoms with E-state index in [-0.39, 0.29) is 29.5 Å². The minimum absolute atomic E-state index is 0.114. The summed E-state index contributed by atoms with van der Waals surface area (Å²) < 4.78 is 25.0. The Balaban J connectivity index is 2.35. The standard InChI is InChI=1S/C21H27FN4O3S/c1-21(2,3)19-17(22)6-15(8-24-19)18(16(7-23)10-27)25-20-26(4)9-14(12-30-20)11-29-13-28-5/h6,8,10,14H,9,11-13H2,1-5H3/b18-16-,25-20+/t14-/m1/s1. The first-order valence-corrected chi connectivity index (χ1v) is 10.4. The summed E-state index contributed by atoms with van der Waals surface area (Å²) in [6.07, 6.45) is 1.89. The number of hydrogen-bond donors (Lipinski definition) is 0. The van der Waals surface area contributed by atoms with Crippen molar-refractivity contribution in [3.63, 3.8) is 0 Å². The third-order valence-electron chi connectivity index (χ3n) is 4.39. The molecule has 1 aromatic heterocycles. The second kappa shape index (κ2) is 10.7. The molecule has 2 rings (SSSR count). The third-order valence-corrected chi connectivity index (χ3v) is 5.69. The molecule has 0 spiro atoms. The first kappa shape index (κ1) is 24.0. The van der Waals surface area contributed by atoms with E-state index in [0.717, 1.165) is 5.75 Å². The van der Waals surface area contributed by atoms with Crippen LogP contribution in [-0.2, 0) is 19.7 Å². The molecule has 7 nitrogen and oxygen atoms in total. The SMILES string of the molecule is COCOC[C@@H]1CS/C(=N/C(=C(/C#N)C=O)c2cnc(C(C)(C)C)c(F)c2)N(C)C1. The van der Waals surface area contributed by atoms with E-state index in [1.165, 1.54) is 24.0 Å². The van der Waals surface area contributed by atoms with Gasteiger partial charge in [-0.25, -0.2) is 9.38 Å². The van der Waals surface area contributed by atoms with Gasteiger partial charge in [0.2, 0.25) is 0 Å². The van der Waals surface area contributed by atoms with Gasteiger partial charge in [-0.1, -0.05) is 32.5 Å². The Bertz CT molecular complexity index is 874. The van der Waals surface area contributed by atoms with Crippen LogP contribution in [0.25, 0.3) is 5.70 Å². The number of nitrogens with zero attached hydrogens (tertiary/aromatic N) is 4. The summed E-state index contributed by atoms with van der Waals surface area (Å²) in [6, 6.07) is 3.14. The molecule has 0 saturated carbocycles. The predicted molar refractivity (Wildman–Crippen MR) is 115 cm³/mol. The van der Waals surface area contributed by atoms with E-state index in [4.69, 9.17) is 9.47 Å². The first-order chi connectivity index (χ1) is 14.2. The van der Waals surface area contributed by atoms with Crippen LogP contribution >= 0.6 is 11.8 Å². The summed E-state index contributed by atoms with van der Waals surface area (Å²) in [5, 5.41) is 10.0. The fourth-order valence-electron chi connectivity index (χ4n) is 2.97. The highest BCUT2D eigenvalue weighted by atomic mass is 32.2. The van der Waals surface area contributed by atoms with Crippen molar-refractivity contribution in [2.24, 2.45) is 10.9 Å². The number of pyridine rings is 1. The number of aromatic nitrogens is 1. The first-order valence-electron chi connectivity index (χ1n) is 9.46. The number of carbonyl (C=O) groups is 1. The molecule has 2 heterocycles. The summed E-state index contributed by atoms with van der Waals surface area (Å²) in [7, 11) is 3.45. The number of ether oxygens (including phenoxy) is 2. The van der Waals surface area contributed by atoms with Crippen molar-refractivity contribution in [3.05, 3.63) is 34.9 Å². The zero-order valence-corrected chi connectivity index (χ0v) is 18.8. The van der Waals surface area contributed by atoms with Crippen LogP contribution in [0.2, 0.25) is 0 Å². The normalized spacial score (nSPS) is 19.4. The molecule has 1 aliphatic rings. The predicted octanol–water partition coefficient (Wildman–Crippen LogP) is 3.22. The molecule has 1 aromatic rings. The molecule has 30 heavy (non-hydrogen) atoms. The lowest BCUT2D eigenvalue weighted by Gasteiger charge is -2.31. The van der Waals surface area contributed by atoms with Gasteiger partial charge in [0.05, 0.1) is 18.0 Å². The molecule has 0 aliphatic carbocycles. The van der Waals surface area contributed by atoms with Crippen LogP contribution in [0, 0.1) is 23.1 Å². The summed E-state index contributed by atoms with van der Waals surface area (Å²) >= 11 is 1.49. The maximum atomic E-state index is 14.7. The van der Waals surface area contributed by atoms with Crippen LogP contribution in [0.1, 0.15) is 32.0 Å². The van der Waals surface area contributed by atoms with Crippen molar-refractivity contribution in [3.8, 4) is 6.07 Å². The fraction of sp³-hybridized carbons (Fsp3) is 0.524. The van der Waals surface area contributed by atoms with Crippen LogP contribution in [0.5, 0.6) is 0 Å². The molecule has 1 saturated heterocycles. The van der Waals surface area contributed by atoms with E-state index in [1.54, 1.807) is 7.11 Å². The third kappa shape index (κ3) is 6.11. The number of halogens is 1. The van der Waals surface area contributed by atoms with Crippen LogP contribution in [0.3, 0.4) is 0 Å². The summed E-state index contributed by atoms with van der Waals surface area (Å²) in [5.74, 6) is 0.549. The molecule has 0 N–H and O–H groups in total. The van der Waals surface area contributed by atoms with Gasteiger partial charge in [-0.15, -0.1) is 0 Å². The van der Waals surface area contributed by atoms with E-state index < -0.39 is 11.2 Å². The number of hydrogen-bond acceptors (Lipinski definition) is 7. The van der Waals surface area contributed by atoms with Crippen LogP contribution < -0.4 is 0 Å². The van der Waals surface area contributed by atoms with Gasteiger partial charge in [0.15, 0.2) is 11.5 Å². The quantitative estimate of drug-likeness (QED) is 0.214. The molecular weight excluding hydrogens is 407 g/mol. The van der Waals surface area contributed by atoms with Crippen LogP contribution in [-0.4, -0.2) is 61.2 Å². The van der Waals surface area contributed by atoms with E-state index in [2.05, 4.69) is 9.98 Å². The Labute approximate surface area is 181 Å². The van der Waals surface area contributed by atoms with Gasteiger partial charge in [-0.2, -0.15) is 5.26 Å². The molecule has 162 valence electrons. The second-order valence-electron chi connectivity index (χ2n) is 8.03. The van der Waals surface area contributed by atoms with Gasteiger partial charge in [-0.05, 0) is 6.07 Å². The van der Waals surface area contributed by atoms with E-state index in [9.17, 15) is 14.4 Å². The van der Waals surface area contributed by atoms with Crippen molar-refractivity contribution in [2.75, 3.05) is 39.9 Å². The number of rotatable bonds is 7.